The third-order valence-electron chi connectivity index (χ3n) is 3.36. The molecule has 3 amide bonds. The van der Waals surface area contributed by atoms with Gasteiger partial charge >= 0.3 is 12.1 Å². The third kappa shape index (κ3) is 6.45. The normalized spacial score (nSPS) is 17.2. The summed E-state index contributed by atoms with van der Waals surface area (Å²) in [4.78, 5) is 23.5. The molecule has 3 N–H and O–H groups in total. The van der Waals surface area contributed by atoms with E-state index in [1.807, 2.05) is 0 Å². The summed E-state index contributed by atoms with van der Waals surface area (Å²) in [5, 5.41) is 8.21. The van der Waals surface area contributed by atoms with Gasteiger partial charge in [-0.1, -0.05) is 0 Å². The summed E-state index contributed by atoms with van der Waals surface area (Å²) in [5.41, 5.74) is 0.692. The summed E-state index contributed by atoms with van der Waals surface area (Å²) in [5.74, 6) is 0.385. The van der Waals surface area contributed by atoms with Crippen LogP contribution in [0.1, 0.15) is 27.2 Å². The maximum atomic E-state index is 11.8. The van der Waals surface area contributed by atoms with Gasteiger partial charge in [0, 0.05) is 30.4 Å². The largest absolute Gasteiger partial charge is 0.444 e. The summed E-state index contributed by atoms with van der Waals surface area (Å²) in [6.45, 7) is 7.47. The number of hydrogen-bond donors (Lipinski definition) is 3. The van der Waals surface area contributed by atoms with Crippen molar-refractivity contribution >= 4 is 23.5 Å². The molecule has 0 aromatic heterocycles. The Morgan fingerprint density at radius 3 is 2.33 bits per heavy atom. The van der Waals surface area contributed by atoms with Gasteiger partial charge in [0.15, 0.2) is 0 Å². The van der Waals surface area contributed by atoms with E-state index in [4.69, 9.17) is 9.47 Å². The highest BCUT2D eigenvalue weighted by Crippen LogP contribution is 2.15. The highest BCUT2D eigenvalue weighted by Gasteiger charge is 2.17. The molecule has 0 radical (unpaired) electrons. The summed E-state index contributed by atoms with van der Waals surface area (Å²) >= 11 is 0. The number of urea groups is 1. The summed E-state index contributed by atoms with van der Waals surface area (Å²) < 4.78 is 10.4. The van der Waals surface area contributed by atoms with Crippen molar-refractivity contribution in [2.45, 2.75) is 32.8 Å². The minimum absolute atomic E-state index is 0.255. The fourth-order valence-electron chi connectivity index (χ4n) is 2.21. The van der Waals surface area contributed by atoms with Gasteiger partial charge in [-0.2, -0.15) is 0 Å². The van der Waals surface area contributed by atoms with Gasteiger partial charge < -0.3 is 20.1 Å². The first-order valence-corrected chi connectivity index (χ1v) is 8.04. The van der Waals surface area contributed by atoms with Gasteiger partial charge in [-0.15, -0.1) is 0 Å². The molecule has 0 spiro atoms. The Kier molecular flexibility index (Phi) is 6.03. The topological polar surface area (TPSA) is 88.7 Å². The van der Waals surface area contributed by atoms with Gasteiger partial charge in [0.05, 0.1) is 6.61 Å². The molecule has 2 rings (SSSR count). The molecule has 0 saturated carbocycles. The Balaban J connectivity index is 1.76. The van der Waals surface area contributed by atoms with E-state index >= 15 is 0 Å². The molecular formula is C17H25N3O4. The summed E-state index contributed by atoms with van der Waals surface area (Å²) in [6, 6.07) is 6.57. The summed E-state index contributed by atoms with van der Waals surface area (Å²) in [7, 11) is 0. The molecule has 0 unspecified atom stereocenters. The van der Waals surface area contributed by atoms with E-state index in [0.717, 1.165) is 13.0 Å². The molecule has 7 heteroatoms. The van der Waals surface area contributed by atoms with Crippen LogP contribution in [-0.4, -0.2) is 37.5 Å². The molecule has 7 nitrogen and oxygen atoms in total. The van der Waals surface area contributed by atoms with Crippen LogP contribution in [0.4, 0.5) is 21.0 Å². The number of carbonyl (C=O) groups excluding carboxylic acids is 2. The zero-order chi connectivity index (χ0) is 17.6. The number of ether oxygens (including phenoxy) is 2. The fraction of sp³-hybridized carbons (Fsp3) is 0.529. The van der Waals surface area contributed by atoms with Crippen LogP contribution in [0, 0.1) is 5.92 Å². The quantitative estimate of drug-likeness (QED) is 0.788. The molecule has 1 aromatic carbocycles. The molecule has 1 fully saturated rings. The van der Waals surface area contributed by atoms with Crippen molar-refractivity contribution in [3.05, 3.63) is 24.3 Å². The van der Waals surface area contributed by atoms with Gasteiger partial charge in [-0.05, 0) is 51.5 Å². The van der Waals surface area contributed by atoms with Crippen molar-refractivity contribution in [3.8, 4) is 0 Å². The maximum absolute atomic E-state index is 11.8. The van der Waals surface area contributed by atoms with Gasteiger partial charge in [-0.25, -0.2) is 9.59 Å². The molecule has 1 heterocycles. The lowest BCUT2D eigenvalue weighted by atomic mass is 10.1. The van der Waals surface area contributed by atoms with Crippen molar-refractivity contribution < 1.29 is 19.1 Å². The van der Waals surface area contributed by atoms with Gasteiger partial charge in [-0.3, -0.25) is 5.32 Å². The number of amides is 3. The van der Waals surface area contributed by atoms with Crippen molar-refractivity contribution in [1.82, 2.24) is 5.32 Å². The van der Waals surface area contributed by atoms with Crippen molar-refractivity contribution in [2.24, 2.45) is 5.92 Å². The van der Waals surface area contributed by atoms with Gasteiger partial charge in [0.25, 0.3) is 0 Å². The predicted molar refractivity (Wildman–Crippen MR) is 92.2 cm³/mol. The zero-order valence-corrected chi connectivity index (χ0v) is 14.3. The second kappa shape index (κ2) is 8.01. The van der Waals surface area contributed by atoms with Crippen LogP contribution in [-0.2, 0) is 9.47 Å². The highest BCUT2D eigenvalue weighted by molar-refractivity contribution is 5.90. The second-order valence-corrected chi connectivity index (χ2v) is 6.77. The Morgan fingerprint density at radius 2 is 1.79 bits per heavy atom. The molecule has 0 aliphatic carbocycles. The van der Waals surface area contributed by atoms with Crippen LogP contribution in [0.3, 0.4) is 0 Å². The Hall–Kier alpha value is -2.28. The molecule has 24 heavy (non-hydrogen) atoms. The Morgan fingerprint density at radius 1 is 1.17 bits per heavy atom. The average molecular weight is 335 g/mol. The average Bonchev–Trinajstić information content (AvgIpc) is 2.98. The number of hydrogen-bond acceptors (Lipinski definition) is 4. The number of rotatable bonds is 4. The minimum atomic E-state index is -0.548. The van der Waals surface area contributed by atoms with E-state index < -0.39 is 11.7 Å². The lowest BCUT2D eigenvalue weighted by molar-refractivity contribution is 0.0636. The smallest absolute Gasteiger partial charge is 0.412 e. The van der Waals surface area contributed by atoms with Crippen molar-refractivity contribution in [3.63, 3.8) is 0 Å². The highest BCUT2D eigenvalue weighted by atomic mass is 16.6. The molecule has 1 aromatic rings. The molecule has 1 saturated heterocycles. The third-order valence-corrected chi connectivity index (χ3v) is 3.36. The fourth-order valence-corrected chi connectivity index (χ4v) is 2.21. The predicted octanol–water partition coefficient (Wildman–Crippen LogP) is 3.19. The second-order valence-electron chi connectivity index (χ2n) is 6.77. The Labute approximate surface area is 142 Å². The van der Waals surface area contributed by atoms with Gasteiger partial charge in [0.2, 0.25) is 0 Å². The van der Waals surface area contributed by atoms with Crippen LogP contribution in [0.25, 0.3) is 0 Å². The molecule has 132 valence electrons. The number of nitrogens with one attached hydrogen (secondary N) is 3. The minimum Gasteiger partial charge on any atom is -0.444 e. The van der Waals surface area contributed by atoms with E-state index in [9.17, 15) is 9.59 Å². The number of carbonyl (C=O) groups is 2. The van der Waals surface area contributed by atoms with Crippen LogP contribution >= 0.6 is 0 Å². The standard InChI is InChI=1S/C17H25N3O4/c1-17(2,3)24-16(22)20-14-6-4-13(5-7-14)19-15(21)18-10-12-8-9-23-11-12/h4-7,12H,8-11H2,1-3H3,(H,20,22)(H2,18,19,21)/t12-/m1/s1. The molecular weight excluding hydrogens is 310 g/mol. The first-order chi connectivity index (χ1) is 11.3. The Bertz CT molecular complexity index is 560. The van der Waals surface area contributed by atoms with Crippen LogP contribution in [0.15, 0.2) is 24.3 Å². The molecule has 1 aliphatic heterocycles. The van der Waals surface area contributed by atoms with Crippen LogP contribution in [0.2, 0.25) is 0 Å². The van der Waals surface area contributed by atoms with Crippen LogP contribution < -0.4 is 16.0 Å². The first kappa shape index (κ1) is 18.1. The van der Waals surface area contributed by atoms with Gasteiger partial charge in [0.1, 0.15) is 5.60 Å². The zero-order valence-electron chi connectivity index (χ0n) is 14.3. The number of anilines is 2. The van der Waals surface area contributed by atoms with E-state index in [1.54, 1.807) is 45.0 Å². The molecule has 0 bridgehead atoms. The van der Waals surface area contributed by atoms with E-state index in [2.05, 4.69) is 16.0 Å². The van der Waals surface area contributed by atoms with E-state index in [-0.39, 0.29) is 6.03 Å². The number of benzene rings is 1. The lowest BCUT2D eigenvalue weighted by Crippen LogP contribution is -2.33. The van der Waals surface area contributed by atoms with Crippen molar-refractivity contribution in [1.29, 1.82) is 0 Å². The van der Waals surface area contributed by atoms with Crippen molar-refractivity contribution in [2.75, 3.05) is 30.4 Å². The van der Waals surface area contributed by atoms with Crippen LogP contribution in [0.5, 0.6) is 0 Å². The van der Waals surface area contributed by atoms with E-state index in [1.165, 1.54) is 0 Å². The summed E-state index contributed by atoms with van der Waals surface area (Å²) in [6.07, 6.45) is 0.463. The van der Waals surface area contributed by atoms with E-state index in [0.29, 0.717) is 30.4 Å². The first-order valence-electron chi connectivity index (χ1n) is 8.04. The maximum Gasteiger partial charge on any atom is 0.412 e. The monoisotopic (exact) mass is 335 g/mol. The lowest BCUT2D eigenvalue weighted by Gasteiger charge is -2.19. The SMILES string of the molecule is CC(C)(C)OC(=O)Nc1ccc(NC(=O)NC[C@H]2CCOC2)cc1. The molecule has 1 atom stereocenters. The molecule has 1 aliphatic rings.